The predicted molar refractivity (Wildman–Crippen MR) is 93.8 cm³/mol. The summed E-state index contributed by atoms with van der Waals surface area (Å²) in [5.74, 6) is 1.12. The van der Waals surface area contributed by atoms with E-state index in [0.29, 0.717) is 30.5 Å². The summed E-state index contributed by atoms with van der Waals surface area (Å²) in [7, 11) is 0. The number of hydrogen-bond donors (Lipinski definition) is 2. The molecule has 0 fully saturated rings. The van der Waals surface area contributed by atoms with Gasteiger partial charge in [-0.15, -0.1) is 0 Å². The smallest absolute Gasteiger partial charge is 0.319 e. The van der Waals surface area contributed by atoms with Crippen LogP contribution in [0, 0.1) is 12.8 Å². The minimum atomic E-state index is -0.242. The highest BCUT2D eigenvalue weighted by atomic mass is 16.5. The van der Waals surface area contributed by atoms with Crippen LogP contribution in [0.25, 0.3) is 0 Å². The lowest BCUT2D eigenvalue weighted by Crippen LogP contribution is -2.28. The van der Waals surface area contributed by atoms with Crippen LogP contribution in [0.1, 0.15) is 25.0 Å². The van der Waals surface area contributed by atoms with Gasteiger partial charge in [-0.3, -0.25) is 0 Å². The molecule has 0 unspecified atom stereocenters. The van der Waals surface area contributed by atoms with Gasteiger partial charge in [0, 0.05) is 6.54 Å². The zero-order valence-electron chi connectivity index (χ0n) is 13.9. The minimum Gasteiger partial charge on any atom is -0.491 e. The number of urea groups is 1. The van der Waals surface area contributed by atoms with Crippen molar-refractivity contribution in [3.8, 4) is 5.75 Å². The number of para-hydroxylation sites is 2. The number of amides is 2. The first-order valence-electron chi connectivity index (χ1n) is 7.87. The normalized spacial score (nSPS) is 10.4. The van der Waals surface area contributed by atoms with Gasteiger partial charge in [0.25, 0.3) is 0 Å². The van der Waals surface area contributed by atoms with Gasteiger partial charge in [0.05, 0.1) is 12.3 Å². The van der Waals surface area contributed by atoms with Crippen LogP contribution < -0.4 is 15.4 Å². The molecule has 2 aromatic rings. The molecular weight excluding hydrogens is 288 g/mol. The number of benzene rings is 2. The third-order valence-corrected chi connectivity index (χ3v) is 3.41. The number of nitrogens with one attached hydrogen (secondary N) is 2. The van der Waals surface area contributed by atoms with Crippen molar-refractivity contribution in [2.24, 2.45) is 5.92 Å². The summed E-state index contributed by atoms with van der Waals surface area (Å²) >= 11 is 0. The lowest BCUT2D eigenvalue weighted by molar-refractivity contribution is 0.251. The third kappa shape index (κ3) is 5.33. The Labute approximate surface area is 137 Å². The first-order valence-corrected chi connectivity index (χ1v) is 7.87. The molecule has 2 amide bonds. The summed E-state index contributed by atoms with van der Waals surface area (Å²) in [5.41, 5.74) is 2.94. The SMILES string of the molecule is Cc1ccccc1CNC(=O)Nc1ccccc1OCC(C)C. The molecule has 2 rings (SSSR count). The fraction of sp³-hybridized carbons (Fsp3) is 0.316. The van der Waals surface area contributed by atoms with E-state index in [1.54, 1.807) is 0 Å². The van der Waals surface area contributed by atoms with E-state index in [0.717, 1.165) is 11.1 Å². The Morgan fingerprint density at radius 2 is 1.78 bits per heavy atom. The Balaban J connectivity index is 1.94. The number of anilines is 1. The second-order valence-electron chi connectivity index (χ2n) is 5.94. The fourth-order valence-electron chi connectivity index (χ4n) is 2.10. The highest BCUT2D eigenvalue weighted by Gasteiger charge is 2.08. The van der Waals surface area contributed by atoms with Gasteiger partial charge >= 0.3 is 6.03 Å². The number of carbonyl (C=O) groups is 1. The van der Waals surface area contributed by atoms with E-state index in [1.165, 1.54) is 0 Å². The van der Waals surface area contributed by atoms with Gasteiger partial charge in [0.1, 0.15) is 5.75 Å². The molecule has 0 aromatic heterocycles. The molecule has 23 heavy (non-hydrogen) atoms. The van der Waals surface area contributed by atoms with Crippen molar-refractivity contribution >= 4 is 11.7 Å². The number of ether oxygens (including phenoxy) is 1. The largest absolute Gasteiger partial charge is 0.491 e. The quantitative estimate of drug-likeness (QED) is 0.833. The molecule has 2 N–H and O–H groups in total. The van der Waals surface area contributed by atoms with Crippen LogP contribution in [0.3, 0.4) is 0 Å². The Bertz CT molecular complexity index is 653. The number of hydrogen-bond acceptors (Lipinski definition) is 2. The van der Waals surface area contributed by atoms with Gasteiger partial charge in [-0.1, -0.05) is 50.2 Å². The Hall–Kier alpha value is -2.49. The summed E-state index contributed by atoms with van der Waals surface area (Å²) in [5, 5.41) is 5.72. The van der Waals surface area contributed by atoms with Crippen molar-refractivity contribution in [1.29, 1.82) is 0 Å². The molecule has 4 heteroatoms. The summed E-state index contributed by atoms with van der Waals surface area (Å²) in [6, 6.07) is 15.2. The number of aryl methyl sites for hydroxylation is 1. The molecule has 122 valence electrons. The van der Waals surface area contributed by atoms with Crippen molar-refractivity contribution < 1.29 is 9.53 Å². The van der Waals surface area contributed by atoms with Gasteiger partial charge in [0.15, 0.2) is 0 Å². The van der Waals surface area contributed by atoms with Gasteiger partial charge in [-0.25, -0.2) is 4.79 Å². The zero-order chi connectivity index (χ0) is 16.7. The first kappa shape index (κ1) is 16.9. The average Bonchev–Trinajstić information content (AvgIpc) is 2.53. The van der Waals surface area contributed by atoms with Crippen LogP contribution in [-0.4, -0.2) is 12.6 Å². The lowest BCUT2D eigenvalue weighted by Gasteiger charge is -2.14. The van der Waals surface area contributed by atoms with Crippen molar-refractivity contribution in [1.82, 2.24) is 5.32 Å². The van der Waals surface area contributed by atoms with Crippen LogP contribution in [0.4, 0.5) is 10.5 Å². The molecule has 0 atom stereocenters. The van der Waals surface area contributed by atoms with Crippen molar-refractivity contribution in [2.45, 2.75) is 27.3 Å². The summed E-state index contributed by atoms with van der Waals surface area (Å²) in [6.07, 6.45) is 0. The van der Waals surface area contributed by atoms with Crippen molar-refractivity contribution in [3.63, 3.8) is 0 Å². The minimum absolute atomic E-state index is 0.242. The van der Waals surface area contributed by atoms with Crippen LogP contribution in [-0.2, 0) is 6.54 Å². The van der Waals surface area contributed by atoms with Gasteiger partial charge in [0.2, 0.25) is 0 Å². The summed E-state index contributed by atoms with van der Waals surface area (Å²) in [6.45, 7) is 7.32. The monoisotopic (exact) mass is 312 g/mol. The Kier molecular flexibility index (Phi) is 6.03. The first-order chi connectivity index (χ1) is 11.1. The van der Waals surface area contributed by atoms with E-state index >= 15 is 0 Å². The molecule has 0 aliphatic heterocycles. The van der Waals surface area contributed by atoms with Gasteiger partial charge in [-0.2, -0.15) is 0 Å². The Morgan fingerprint density at radius 3 is 2.52 bits per heavy atom. The second kappa shape index (κ2) is 8.22. The molecule has 0 heterocycles. The topological polar surface area (TPSA) is 50.4 Å². The van der Waals surface area contributed by atoms with E-state index in [1.807, 2.05) is 55.5 Å². The zero-order valence-corrected chi connectivity index (χ0v) is 13.9. The molecule has 2 aromatic carbocycles. The maximum Gasteiger partial charge on any atom is 0.319 e. The molecule has 0 spiro atoms. The van der Waals surface area contributed by atoms with Gasteiger partial charge in [-0.05, 0) is 36.1 Å². The molecule has 0 radical (unpaired) electrons. The molecule has 0 bridgehead atoms. The molecular formula is C19H24N2O2. The number of rotatable bonds is 6. The molecule has 0 saturated carbocycles. The van der Waals surface area contributed by atoms with E-state index < -0.39 is 0 Å². The van der Waals surface area contributed by atoms with E-state index in [4.69, 9.17) is 4.74 Å². The van der Waals surface area contributed by atoms with Crippen LogP contribution in [0.15, 0.2) is 48.5 Å². The van der Waals surface area contributed by atoms with E-state index in [-0.39, 0.29) is 6.03 Å². The maximum absolute atomic E-state index is 12.1. The van der Waals surface area contributed by atoms with E-state index in [9.17, 15) is 4.79 Å². The summed E-state index contributed by atoms with van der Waals surface area (Å²) < 4.78 is 5.74. The number of carbonyl (C=O) groups excluding carboxylic acids is 1. The van der Waals surface area contributed by atoms with Crippen molar-refractivity contribution in [3.05, 3.63) is 59.7 Å². The van der Waals surface area contributed by atoms with Crippen LogP contribution >= 0.6 is 0 Å². The Morgan fingerprint density at radius 1 is 1.09 bits per heavy atom. The fourth-order valence-corrected chi connectivity index (χ4v) is 2.10. The second-order valence-corrected chi connectivity index (χ2v) is 5.94. The highest BCUT2D eigenvalue weighted by molar-refractivity contribution is 5.90. The highest BCUT2D eigenvalue weighted by Crippen LogP contribution is 2.24. The summed E-state index contributed by atoms with van der Waals surface area (Å²) in [4.78, 5) is 12.1. The van der Waals surface area contributed by atoms with E-state index in [2.05, 4.69) is 24.5 Å². The van der Waals surface area contributed by atoms with Gasteiger partial charge < -0.3 is 15.4 Å². The van der Waals surface area contributed by atoms with Crippen molar-refractivity contribution in [2.75, 3.05) is 11.9 Å². The molecule has 0 aliphatic carbocycles. The van der Waals surface area contributed by atoms with Crippen LogP contribution in [0.2, 0.25) is 0 Å². The third-order valence-electron chi connectivity index (χ3n) is 3.41. The predicted octanol–water partition coefficient (Wildman–Crippen LogP) is 4.35. The van der Waals surface area contributed by atoms with Crippen LogP contribution in [0.5, 0.6) is 5.75 Å². The maximum atomic E-state index is 12.1. The lowest BCUT2D eigenvalue weighted by atomic mass is 10.1. The molecule has 0 aliphatic rings. The molecule has 0 saturated heterocycles. The average molecular weight is 312 g/mol. The standard InChI is InChI=1S/C19H24N2O2/c1-14(2)13-23-18-11-7-6-10-17(18)21-19(22)20-12-16-9-5-4-8-15(16)3/h4-11,14H,12-13H2,1-3H3,(H2,20,21,22). The molecule has 4 nitrogen and oxygen atoms in total.